The normalized spacial score (nSPS) is 12.4. The van der Waals surface area contributed by atoms with Gasteiger partial charge < -0.3 is 0 Å². The van der Waals surface area contributed by atoms with Crippen LogP contribution in [0.4, 0.5) is 0 Å². The van der Waals surface area contributed by atoms with Gasteiger partial charge in [-0.2, -0.15) is 0 Å². The fourth-order valence-electron chi connectivity index (χ4n) is 1.70. The molecule has 0 aliphatic rings. The molecule has 0 spiro atoms. The topological polar surface area (TPSA) is 12.9 Å². The van der Waals surface area contributed by atoms with Crippen LogP contribution >= 0.6 is 11.6 Å². The number of hydrogen-bond donors (Lipinski definition) is 0. The molecule has 0 saturated carbocycles. The largest absolute Gasteiger partial charge is 0.264 e. The van der Waals surface area contributed by atoms with Crippen LogP contribution in [0.1, 0.15) is 22.1 Å². The van der Waals surface area contributed by atoms with Crippen LogP contribution in [0.3, 0.4) is 0 Å². The van der Waals surface area contributed by atoms with Gasteiger partial charge >= 0.3 is 0 Å². The van der Waals surface area contributed by atoms with Crippen molar-refractivity contribution >= 4 is 11.6 Å². The molecule has 2 heteroatoms. The Hall–Kier alpha value is -1.34. The van der Waals surface area contributed by atoms with E-state index in [1.807, 2.05) is 36.7 Å². The van der Waals surface area contributed by atoms with Crippen molar-refractivity contribution in [2.75, 3.05) is 0 Å². The Bertz CT molecular complexity index is 453. The van der Waals surface area contributed by atoms with Crippen LogP contribution in [0, 0.1) is 6.92 Å². The van der Waals surface area contributed by atoms with E-state index in [2.05, 4.69) is 24.0 Å². The molecule has 0 aliphatic heterocycles. The van der Waals surface area contributed by atoms with E-state index in [0.29, 0.717) is 0 Å². The van der Waals surface area contributed by atoms with Crippen LogP contribution in [0.2, 0.25) is 0 Å². The standard InChI is InChI=1S/C14H14ClN/c1-11-10-16-8-7-13(11)9-14(15)12-5-3-2-4-6-12/h2-8,10,14H,9H2,1H3. The second-order valence-electron chi connectivity index (χ2n) is 3.88. The summed E-state index contributed by atoms with van der Waals surface area (Å²) in [7, 11) is 0. The number of benzene rings is 1. The van der Waals surface area contributed by atoms with Crippen molar-refractivity contribution in [3.05, 3.63) is 65.5 Å². The summed E-state index contributed by atoms with van der Waals surface area (Å²) in [6.45, 7) is 2.07. The number of aryl methyl sites for hydroxylation is 1. The van der Waals surface area contributed by atoms with Gasteiger partial charge in [0.1, 0.15) is 0 Å². The summed E-state index contributed by atoms with van der Waals surface area (Å²) >= 11 is 6.39. The van der Waals surface area contributed by atoms with Gasteiger partial charge in [-0.1, -0.05) is 30.3 Å². The first-order valence-electron chi connectivity index (χ1n) is 5.36. The van der Waals surface area contributed by atoms with Gasteiger partial charge in [0.15, 0.2) is 0 Å². The van der Waals surface area contributed by atoms with Gasteiger partial charge in [0.2, 0.25) is 0 Å². The van der Waals surface area contributed by atoms with Crippen molar-refractivity contribution in [2.24, 2.45) is 0 Å². The number of halogens is 1. The summed E-state index contributed by atoms with van der Waals surface area (Å²) in [6.07, 6.45) is 4.54. The van der Waals surface area contributed by atoms with E-state index in [1.165, 1.54) is 16.7 Å². The summed E-state index contributed by atoms with van der Waals surface area (Å²) < 4.78 is 0. The summed E-state index contributed by atoms with van der Waals surface area (Å²) in [5, 5.41) is 0.0299. The molecule has 0 aliphatic carbocycles. The number of rotatable bonds is 3. The Labute approximate surface area is 101 Å². The molecule has 0 bridgehead atoms. The average molecular weight is 232 g/mol. The number of aromatic nitrogens is 1. The van der Waals surface area contributed by atoms with Crippen LogP contribution in [0.5, 0.6) is 0 Å². The minimum Gasteiger partial charge on any atom is -0.264 e. The molecule has 0 N–H and O–H groups in total. The molecule has 2 rings (SSSR count). The highest BCUT2D eigenvalue weighted by atomic mass is 35.5. The van der Waals surface area contributed by atoms with Crippen LogP contribution in [-0.2, 0) is 6.42 Å². The van der Waals surface area contributed by atoms with Crippen LogP contribution in [0.15, 0.2) is 48.8 Å². The highest BCUT2D eigenvalue weighted by Crippen LogP contribution is 2.25. The second-order valence-corrected chi connectivity index (χ2v) is 4.41. The smallest absolute Gasteiger partial charge is 0.0625 e. The molecule has 82 valence electrons. The number of alkyl halides is 1. The number of hydrogen-bond acceptors (Lipinski definition) is 1. The molecule has 1 aromatic heterocycles. The van der Waals surface area contributed by atoms with Crippen molar-refractivity contribution in [1.82, 2.24) is 4.98 Å². The SMILES string of the molecule is Cc1cnccc1CC(Cl)c1ccccc1. The maximum atomic E-state index is 6.39. The van der Waals surface area contributed by atoms with E-state index in [1.54, 1.807) is 0 Å². The highest BCUT2D eigenvalue weighted by molar-refractivity contribution is 6.20. The molecule has 0 amide bonds. The predicted octanol–water partition coefficient (Wildman–Crippen LogP) is 3.91. The van der Waals surface area contributed by atoms with Crippen LogP contribution in [-0.4, -0.2) is 4.98 Å². The van der Waals surface area contributed by atoms with E-state index < -0.39 is 0 Å². The first-order chi connectivity index (χ1) is 7.77. The lowest BCUT2D eigenvalue weighted by molar-refractivity contribution is 0.906. The van der Waals surface area contributed by atoms with Gasteiger partial charge in [0.05, 0.1) is 5.38 Å². The summed E-state index contributed by atoms with van der Waals surface area (Å²) in [5.41, 5.74) is 3.63. The molecular formula is C14H14ClN. The van der Waals surface area contributed by atoms with Gasteiger partial charge in [-0.25, -0.2) is 0 Å². The molecule has 0 fully saturated rings. The Morgan fingerprint density at radius 3 is 2.62 bits per heavy atom. The Morgan fingerprint density at radius 2 is 1.94 bits per heavy atom. The molecule has 1 nitrogen and oxygen atoms in total. The van der Waals surface area contributed by atoms with Crippen molar-refractivity contribution in [3.63, 3.8) is 0 Å². The van der Waals surface area contributed by atoms with E-state index in [-0.39, 0.29) is 5.38 Å². The zero-order chi connectivity index (χ0) is 11.4. The first kappa shape index (κ1) is 11.2. The van der Waals surface area contributed by atoms with Gasteiger partial charge in [-0.05, 0) is 36.1 Å². The minimum atomic E-state index is 0.0299. The Balaban J connectivity index is 2.14. The maximum absolute atomic E-state index is 6.39. The van der Waals surface area contributed by atoms with Crippen LogP contribution < -0.4 is 0 Å². The van der Waals surface area contributed by atoms with E-state index in [9.17, 15) is 0 Å². The fraction of sp³-hybridized carbons (Fsp3) is 0.214. The quantitative estimate of drug-likeness (QED) is 0.730. The lowest BCUT2D eigenvalue weighted by Crippen LogP contribution is -1.98. The molecule has 2 aromatic rings. The molecule has 1 aromatic carbocycles. The van der Waals surface area contributed by atoms with E-state index in [4.69, 9.17) is 11.6 Å². The third-order valence-electron chi connectivity index (χ3n) is 2.70. The number of pyridine rings is 1. The predicted molar refractivity (Wildman–Crippen MR) is 67.7 cm³/mol. The third kappa shape index (κ3) is 2.61. The average Bonchev–Trinajstić information content (AvgIpc) is 2.33. The summed E-state index contributed by atoms with van der Waals surface area (Å²) in [6, 6.07) is 12.2. The zero-order valence-electron chi connectivity index (χ0n) is 9.23. The van der Waals surface area contributed by atoms with E-state index >= 15 is 0 Å². The van der Waals surface area contributed by atoms with Gasteiger partial charge in [0, 0.05) is 12.4 Å². The molecule has 1 unspecified atom stereocenters. The van der Waals surface area contributed by atoms with Crippen molar-refractivity contribution in [2.45, 2.75) is 18.7 Å². The number of nitrogens with zero attached hydrogens (tertiary/aromatic N) is 1. The molecular weight excluding hydrogens is 218 g/mol. The summed E-state index contributed by atoms with van der Waals surface area (Å²) in [4.78, 5) is 4.08. The highest BCUT2D eigenvalue weighted by Gasteiger charge is 2.09. The second kappa shape index (κ2) is 5.13. The molecule has 0 saturated heterocycles. The maximum Gasteiger partial charge on any atom is 0.0625 e. The summed E-state index contributed by atoms with van der Waals surface area (Å²) in [5.74, 6) is 0. The Morgan fingerprint density at radius 1 is 1.19 bits per heavy atom. The zero-order valence-corrected chi connectivity index (χ0v) is 9.98. The lowest BCUT2D eigenvalue weighted by Gasteiger charge is -2.11. The van der Waals surface area contributed by atoms with Crippen molar-refractivity contribution in [3.8, 4) is 0 Å². The lowest BCUT2D eigenvalue weighted by atomic mass is 10.0. The Kier molecular flexibility index (Phi) is 3.58. The minimum absolute atomic E-state index is 0.0299. The van der Waals surface area contributed by atoms with E-state index in [0.717, 1.165) is 6.42 Å². The fourth-order valence-corrected chi connectivity index (χ4v) is 2.02. The van der Waals surface area contributed by atoms with Gasteiger partial charge in [0.25, 0.3) is 0 Å². The third-order valence-corrected chi connectivity index (χ3v) is 3.10. The molecule has 0 radical (unpaired) electrons. The first-order valence-corrected chi connectivity index (χ1v) is 5.79. The van der Waals surface area contributed by atoms with Gasteiger partial charge in [-0.3, -0.25) is 4.98 Å². The molecule has 1 heterocycles. The molecule has 16 heavy (non-hydrogen) atoms. The van der Waals surface area contributed by atoms with Gasteiger partial charge in [-0.15, -0.1) is 11.6 Å². The monoisotopic (exact) mass is 231 g/mol. The molecule has 1 atom stereocenters. The van der Waals surface area contributed by atoms with Crippen molar-refractivity contribution in [1.29, 1.82) is 0 Å². The van der Waals surface area contributed by atoms with Crippen LogP contribution in [0.25, 0.3) is 0 Å². The van der Waals surface area contributed by atoms with Crippen molar-refractivity contribution < 1.29 is 0 Å².